The smallest absolute Gasteiger partial charge is 0.459 e. The molecule has 3 heterocycles. The second kappa shape index (κ2) is 11.3. The number of ether oxygens (including phenoxy) is 2. The summed E-state index contributed by atoms with van der Waals surface area (Å²) in [6, 6.07) is 8.06. The van der Waals surface area contributed by atoms with Crippen LogP contribution in [0, 0.1) is 5.92 Å². The zero-order chi connectivity index (χ0) is 27.4. The summed E-state index contributed by atoms with van der Waals surface area (Å²) in [5.41, 5.74) is 3.98. The molecular formula is C25H27ClF2N6O4. The number of nitrogens with two attached hydrogens (primary N) is 1. The van der Waals surface area contributed by atoms with Crippen molar-refractivity contribution in [3.05, 3.63) is 54.4 Å². The van der Waals surface area contributed by atoms with Crippen molar-refractivity contribution in [2.75, 3.05) is 23.3 Å². The van der Waals surface area contributed by atoms with Gasteiger partial charge in [-0.1, -0.05) is 13.8 Å². The van der Waals surface area contributed by atoms with E-state index < -0.39 is 23.5 Å². The number of H-pyrrole nitrogens is 1. The van der Waals surface area contributed by atoms with Crippen molar-refractivity contribution in [2.24, 2.45) is 11.7 Å². The first-order valence-corrected chi connectivity index (χ1v) is 12.3. The van der Waals surface area contributed by atoms with E-state index in [4.69, 9.17) is 22.1 Å². The summed E-state index contributed by atoms with van der Waals surface area (Å²) in [4.78, 5) is 31.8. The topological polar surface area (TPSA) is 135 Å². The van der Waals surface area contributed by atoms with Crippen LogP contribution >= 0.6 is 11.6 Å². The van der Waals surface area contributed by atoms with Crippen molar-refractivity contribution in [3.63, 3.8) is 0 Å². The van der Waals surface area contributed by atoms with E-state index in [1.807, 2.05) is 18.7 Å². The van der Waals surface area contributed by atoms with Gasteiger partial charge in [-0.25, -0.2) is 4.98 Å². The molecule has 3 aromatic rings. The predicted molar refractivity (Wildman–Crippen MR) is 137 cm³/mol. The molecule has 2 unspecified atom stereocenters. The van der Waals surface area contributed by atoms with Gasteiger partial charge in [-0.3, -0.25) is 14.7 Å². The normalized spacial score (nSPS) is 16.4. The molecule has 202 valence electrons. The molecule has 1 amide bonds. The molecule has 2 aromatic heterocycles. The number of aromatic nitrogens is 3. The second-order valence-corrected chi connectivity index (χ2v) is 9.60. The third kappa shape index (κ3) is 6.75. The zero-order valence-corrected chi connectivity index (χ0v) is 21.4. The van der Waals surface area contributed by atoms with Gasteiger partial charge in [0.15, 0.2) is 0 Å². The van der Waals surface area contributed by atoms with Gasteiger partial charge in [0.25, 0.3) is 5.91 Å². The number of aromatic amines is 1. The van der Waals surface area contributed by atoms with E-state index in [-0.39, 0.29) is 23.3 Å². The van der Waals surface area contributed by atoms with Crippen LogP contribution in [0.3, 0.4) is 0 Å². The molecule has 2 atom stereocenters. The number of alkyl halides is 3. The highest BCUT2D eigenvalue weighted by Crippen LogP contribution is 2.32. The third-order valence-electron chi connectivity index (χ3n) is 5.98. The number of anilines is 2. The highest BCUT2D eigenvalue weighted by molar-refractivity contribution is 6.20. The Morgan fingerprint density at radius 1 is 1.26 bits per heavy atom. The van der Waals surface area contributed by atoms with E-state index in [9.17, 15) is 18.4 Å². The lowest BCUT2D eigenvalue weighted by Crippen LogP contribution is -2.39. The molecule has 13 heteroatoms. The first-order valence-electron chi connectivity index (χ1n) is 11.9. The largest absolute Gasteiger partial charge is 0.487 e. The molecule has 1 fully saturated rings. The summed E-state index contributed by atoms with van der Waals surface area (Å²) in [5, 5.41) is 9.59. The Kier molecular flexibility index (Phi) is 8.12. The number of hydrogen-bond donors (Lipinski definition) is 3. The average Bonchev–Trinajstić information content (AvgIpc) is 3.56. The summed E-state index contributed by atoms with van der Waals surface area (Å²) in [7, 11) is 0. The number of pyridine rings is 1. The van der Waals surface area contributed by atoms with E-state index in [0.717, 1.165) is 0 Å². The first kappa shape index (κ1) is 27.3. The number of rotatable bonds is 9. The van der Waals surface area contributed by atoms with E-state index in [0.29, 0.717) is 42.3 Å². The van der Waals surface area contributed by atoms with Crippen LogP contribution in [0.25, 0.3) is 11.3 Å². The SMILES string of the molecule is CC(C)C(N)C(=O)OC1CCN(c2ncc(C(=O)Nc3ccc(OC(F)(F)Cl)cc3)cc2-c2ccn[nH]2)C1. The fourth-order valence-electron chi connectivity index (χ4n) is 3.91. The number of nitrogens with one attached hydrogen (secondary N) is 2. The number of halogens is 3. The molecular weight excluding hydrogens is 522 g/mol. The Hall–Kier alpha value is -3.77. The van der Waals surface area contributed by atoms with Crippen molar-refractivity contribution in [2.45, 2.75) is 38.0 Å². The van der Waals surface area contributed by atoms with Crippen LogP contribution in [0.2, 0.25) is 0 Å². The second-order valence-electron chi connectivity index (χ2n) is 9.16. The lowest BCUT2D eigenvalue weighted by atomic mass is 10.1. The van der Waals surface area contributed by atoms with Crippen LogP contribution in [0.5, 0.6) is 5.75 Å². The summed E-state index contributed by atoms with van der Waals surface area (Å²) in [5.74, 6) is -0.486. The van der Waals surface area contributed by atoms with E-state index in [2.05, 4.69) is 25.2 Å². The predicted octanol–water partition coefficient (Wildman–Crippen LogP) is 4.00. The molecule has 1 aliphatic rings. The number of hydrogen-bond acceptors (Lipinski definition) is 8. The molecule has 1 aromatic carbocycles. The van der Waals surface area contributed by atoms with E-state index >= 15 is 0 Å². The maximum absolute atomic E-state index is 12.9. The number of nitrogens with zero attached hydrogens (tertiary/aromatic N) is 3. The molecule has 0 bridgehead atoms. The first-order chi connectivity index (χ1) is 18.0. The molecule has 1 aliphatic heterocycles. The maximum atomic E-state index is 12.9. The standard InChI is InChI=1S/C25H27ClF2N6O4/c1-14(2)21(29)24(36)37-18-8-10-34(13-18)22-19(20-7-9-31-33-20)11-15(12-30-22)23(35)32-16-3-5-17(6-4-16)38-25(26,27)28/h3-7,9,11-12,14,18,21H,8,10,13,29H2,1-2H3,(H,31,33)(H,32,35). The molecule has 4 N–H and O–H groups in total. The van der Waals surface area contributed by atoms with Gasteiger partial charge in [-0.2, -0.15) is 5.10 Å². The van der Waals surface area contributed by atoms with Crippen molar-refractivity contribution in [1.29, 1.82) is 0 Å². The van der Waals surface area contributed by atoms with Crippen molar-refractivity contribution < 1.29 is 27.8 Å². The highest BCUT2D eigenvalue weighted by Gasteiger charge is 2.31. The Bertz CT molecular complexity index is 1270. The average molecular weight is 549 g/mol. The molecule has 4 rings (SSSR count). The lowest BCUT2D eigenvalue weighted by molar-refractivity contribution is -0.150. The van der Waals surface area contributed by atoms with Crippen LogP contribution in [0.4, 0.5) is 20.3 Å². The Balaban J connectivity index is 1.49. The number of amides is 1. The van der Waals surface area contributed by atoms with Crippen LogP contribution < -0.4 is 20.7 Å². The van der Waals surface area contributed by atoms with Gasteiger partial charge in [-0.05, 0) is 42.3 Å². The summed E-state index contributed by atoms with van der Waals surface area (Å²) in [6.45, 7) is 4.73. The van der Waals surface area contributed by atoms with Gasteiger partial charge in [0.1, 0.15) is 23.7 Å². The minimum Gasteiger partial charge on any atom is -0.459 e. The van der Waals surface area contributed by atoms with Gasteiger partial charge in [0, 0.05) is 48.2 Å². The maximum Gasteiger partial charge on any atom is 0.487 e. The van der Waals surface area contributed by atoms with Crippen LogP contribution in [-0.2, 0) is 9.53 Å². The molecule has 0 radical (unpaired) electrons. The highest BCUT2D eigenvalue weighted by atomic mass is 35.5. The lowest BCUT2D eigenvalue weighted by Gasteiger charge is -2.22. The van der Waals surface area contributed by atoms with E-state index in [1.165, 1.54) is 30.5 Å². The van der Waals surface area contributed by atoms with Crippen molar-refractivity contribution >= 4 is 35.0 Å². The van der Waals surface area contributed by atoms with Crippen LogP contribution in [-0.4, -0.2) is 57.9 Å². The van der Waals surface area contributed by atoms with E-state index in [1.54, 1.807) is 18.3 Å². The van der Waals surface area contributed by atoms with Crippen LogP contribution in [0.1, 0.15) is 30.6 Å². The molecule has 1 saturated heterocycles. The van der Waals surface area contributed by atoms with Gasteiger partial charge in [0.05, 0.1) is 17.8 Å². The quantitative estimate of drug-likeness (QED) is 0.270. The van der Waals surface area contributed by atoms with Gasteiger partial charge < -0.3 is 25.4 Å². The fourth-order valence-corrected chi connectivity index (χ4v) is 4.00. The van der Waals surface area contributed by atoms with Gasteiger partial charge >= 0.3 is 11.5 Å². The van der Waals surface area contributed by atoms with Crippen LogP contribution in [0.15, 0.2) is 48.8 Å². The fraction of sp³-hybridized carbons (Fsp3) is 0.360. The number of benzene rings is 1. The summed E-state index contributed by atoms with van der Waals surface area (Å²) < 4.78 is 35.5. The molecule has 0 saturated carbocycles. The van der Waals surface area contributed by atoms with Gasteiger partial charge in [-0.15, -0.1) is 8.78 Å². The van der Waals surface area contributed by atoms with Crippen molar-refractivity contribution in [3.8, 4) is 17.0 Å². The summed E-state index contributed by atoms with van der Waals surface area (Å²) >= 11 is 4.77. The summed E-state index contributed by atoms with van der Waals surface area (Å²) in [6.07, 6.45) is 3.29. The Morgan fingerprint density at radius 3 is 2.63 bits per heavy atom. The number of esters is 1. The zero-order valence-electron chi connectivity index (χ0n) is 20.7. The minimum absolute atomic E-state index is 0.0333. The Morgan fingerprint density at radius 2 is 2.00 bits per heavy atom. The number of carbonyl (C=O) groups is 2. The molecule has 10 nitrogen and oxygen atoms in total. The third-order valence-corrected chi connectivity index (χ3v) is 6.06. The molecule has 0 spiro atoms. The molecule has 0 aliphatic carbocycles. The number of carbonyl (C=O) groups excluding carboxylic acids is 2. The molecule has 38 heavy (non-hydrogen) atoms. The monoisotopic (exact) mass is 548 g/mol. The minimum atomic E-state index is -3.83. The van der Waals surface area contributed by atoms with Gasteiger partial charge in [0.2, 0.25) is 0 Å². The van der Waals surface area contributed by atoms with Crippen molar-refractivity contribution in [1.82, 2.24) is 15.2 Å². The Labute approximate surface area is 222 Å².